The maximum Gasteiger partial charge on any atom is 0.257 e. The Kier molecular flexibility index (Phi) is 4.38. The molecule has 0 atom stereocenters. The topological polar surface area (TPSA) is 42.0 Å². The number of thioether (sulfide) groups is 1. The summed E-state index contributed by atoms with van der Waals surface area (Å²) >= 11 is 3.18. The summed E-state index contributed by atoms with van der Waals surface area (Å²) in [6.45, 7) is 2.00. The van der Waals surface area contributed by atoms with Gasteiger partial charge >= 0.3 is 0 Å². The fourth-order valence-electron chi connectivity index (χ4n) is 1.45. The minimum absolute atomic E-state index is 0.111. The lowest BCUT2D eigenvalue weighted by Crippen LogP contribution is -2.11. The van der Waals surface area contributed by atoms with E-state index < -0.39 is 0 Å². The summed E-state index contributed by atoms with van der Waals surface area (Å²) < 4.78 is 0. The van der Waals surface area contributed by atoms with Crippen molar-refractivity contribution in [1.29, 1.82) is 0 Å². The number of rotatable bonds is 4. The van der Waals surface area contributed by atoms with Crippen LogP contribution < -0.4 is 5.32 Å². The van der Waals surface area contributed by atoms with Gasteiger partial charge in [0.05, 0.1) is 5.69 Å². The third-order valence-electron chi connectivity index (χ3n) is 2.38. The molecule has 0 unspecified atom stereocenters. The largest absolute Gasteiger partial charge is 0.298 e. The quantitative estimate of drug-likeness (QED) is 0.929. The Hall–Kier alpha value is -1.33. The highest BCUT2D eigenvalue weighted by Crippen LogP contribution is 2.19. The summed E-state index contributed by atoms with van der Waals surface area (Å²) in [5.74, 6) is 0.761. The molecule has 1 aromatic carbocycles. The van der Waals surface area contributed by atoms with Gasteiger partial charge in [-0.15, -0.1) is 11.3 Å². The Labute approximate surface area is 115 Å². The monoisotopic (exact) mass is 278 g/mol. The minimum Gasteiger partial charge on any atom is -0.298 e. The van der Waals surface area contributed by atoms with Crippen LogP contribution in [-0.4, -0.2) is 17.1 Å². The number of carbonyl (C=O) groups excluding carboxylic acids is 1. The fourth-order valence-corrected chi connectivity index (χ4v) is 2.71. The summed E-state index contributed by atoms with van der Waals surface area (Å²) in [5.41, 5.74) is 2.80. The molecule has 2 aromatic rings. The molecule has 0 aliphatic rings. The van der Waals surface area contributed by atoms with E-state index in [-0.39, 0.29) is 5.91 Å². The van der Waals surface area contributed by atoms with Crippen molar-refractivity contribution in [3.05, 3.63) is 46.5 Å². The van der Waals surface area contributed by atoms with Crippen LogP contribution in [0.3, 0.4) is 0 Å². The summed E-state index contributed by atoms with van der Waals surface area (Å²) in [6.07, 6.45) is 2.03. The smallest absolute Gasteiger partial charge is 0.257 e. The molecule has 18 heavy (non-hydrogen) atoms. The molecular formula is C13H14N2OS2. The molecule has 0 spiro atoms. The first-order valence-electron chi connectivity index (χ1n) is 5.50. The van der Waals surface area contributed by atoms with Crippen LogP contribution in [0.4, 0.5) is 5.13 Å². The average Bonchev–Trinajstić information content (AvgIpc) is 2.78. The van der Waals surface area contributed by atoms with Gasteiger partial charge in [0, 0.05) is 16.7 Å². The van der Waals surface area contributed by atoms with Gasteiger partial charge in [0.25, 0.3) is 5.91 Å². The zero-order valence-corrected chi connectivity index (χ0v) is 11.9. The Bertz CT molecular complexity index is 534. The molecule has 2 rings (SSSR count). The highest BCUT2D eigenvalue weighted by molar-refractivity contribution is 7.97. The van der Waals surface area contributed by atoms with Gasteiger partial charge in [-0.3, -0.25) is 10.1 Å². The molecule has 0 saturated heterocycles. The number of nitrogens with zero attached hydrogens (tertiary/aromatic N) is 1. The number of benzene rings is 1. The standard InChI is InChI=1S/C13H14N2OS2/c1-9-3-5-10(6-4-9)12(16)15-13-14-11(7-17-2)8-18-13/h3-6,8H,7H2,1-2H3,(H,14,15,16). The number of hydrogen-bond acceptors (Lipinski definition) is 4. The van der Waals surface area contributed by atoms with Gasteiger partial charge in [-0.25, -0.2) is 4.98 Å². The highest BCUT2D eigenvalue weighted by Gasteiger charge is 2.08. The zero-order valence-electron chi connectivity index (χ0n) is 10.3. The molecule has 0 aliphatic carbocycles. The van der Waals surface area contributed by atoms with E-state index in [1.807, 2.05) is 42.8 Å². The Morgan fingerprint density at radius 2 is 2.11 bits per heavy atom. The summed E-state index contributed by atoms with van der Waals surface area (Å²) in [7, 11) is 0. The first-order chi connectivity index (χ1) is 8.69. The van der Waals surface area contributed by atoms with Crippen LogP contribution in [-0.2, 0) is 5.75 Å². The van der Waals surface area contributed by atoms with Crippen molar-refractivity contribution in [2.24, 2.45) is 0 Å². The van der Waals surface area contributed by atoms with E-state index >= 15 is 0 Å². The third kappa shape index (κ3) is 3.34. The maximum absolute atomic E-state index is 11.9. The molecule has 0 aliphatic heterocycles. The van der Waals surface area contributed by atoms with Gasteiger partial charge in [0.2, 0.25) is 0 Å². The number of aromatic nitrogens is 1. The van der Waals surface area contributed by atoms with Crippen molar-refractivity contribution < 1.29 is 4.79 Å². The number of aryl methyl sites for hydroxylation is 1. The van der Waals surface area contributed by atoms with Crippen LogP contribution in [0.2, 0.25) is 0 Å². The predicted octanol–water partition coefficient (Wildman–Crippen LogP) is 3.57. The lowest BCUT2D eigenvalue weighted by molar-refractivity contribution is 0.102. The molecule has 1 amide bonds. The van der Waals surface area contributed by atoms with Gasteiger partial charge in [0.1, 0.15) is 0 Å². The number of amides is 1. The second-order valence-electron chi connectivity index (χ2n) is 3.90. The molecule has 5 heteroatoms. The van der Waals surface area contributed by atoms with E-state index in [0.717, 1.165) is 17.0 Å². The van der Waals surface area contributed by atoms with Gasteiger partial charge in [-0.1, -0.05) is 17.7 Å². The molecular weight excluding hydrogens is 264 g/mol. The minimum atomic E-state index is -0.111. The van der Waals surface area contributed by atoms with Crippen molar-refractivity contribution >= 4 is 34.1 Å². The van der Waals surface area contributed by atoms with Crippen molar-refractivity contribution in [3.63, 3.8) is 0 Å². The Balaban J connectivity index is 2.04. The summed E-state index contributed by atoms with van der Waals surface area (Å²) in [5, 5.41) is 5.45. The highest BCUT2D eigenvalue weighted by atomic mass is 32.2. The maximum atomic E-state index is 11.9. The van der Waals surface area contributed by atoms with Crippen LogP contribution in [0.15, 0.2) is 29.6 Å². The molecule has 0 radical (unpaired) electrons. The molecule has 3 nitrogen and oxygen atoms in total. The fraction of sp³-hybridized carbons (Fsp3) is 0.231. The van der Waals surface area contributed by atoms with Crippen LogP contribution in [0.25, 0.3) is 0 Å². The van der Waals surface area contributed by atoms with Crippen molar-refractivity contribution in [2.45, 2.75) is 12.7 Å². The van der Waals surface area contributed by atoms with E-state index in [0.29, 0.717) is 10.7 Å². The molecule has 94 valence electrons. The second kappa shape index (κ2) is 6.02. The second-order valence-corrected chi connectivity index (χ2v) is 5.62. The molecule has 1 aromatic heterocycles. The van der Waals surface area contributed by atoms with Crippen molar-refractivity contribution in [3.8, 4) is 0 Å². The first-order valence-corrected chi connectivity index (χ1v) is 7.78. The van der Waals surface area contributed by atoms with E-state index in [2.05, 4.69) is 10.3 Å². The number of hydrogen-bond donors (Lipinski definition) is 1. The van der Waals surface area contributed by atoms with Crippen molar-refractivity contribution in [2.75, 3.05) is 11.6 Å². The van der Waals surface area contributed by atoms with Gasteiger partial charge < -0.3 is 0 Å². The Morgan fingerprint density at radius 3 is 2.78 bits per heavy atom. The zero-order chi connectivity index (χ0) is 13.0. The first kappa shape index (κ1) is 13.1. The molecule has 1 N–H and O–H groups in total. The van der Waals surface area contributed by atoms with Crippen LogP contribution in [0.1, 0.15) is 21.6 Å². The van der Waals surface area contributed by atoms with Gasteiger partial charge in [0.15, 0.2) is 5.13 Å². The SMILES string of the molecule is CSCc1csc(NC(=O)c2ccc(C)cc2)n1. The van der Waals surface area contributed by atoms with Crippen molar-refractivity contribution in [1.82, 2.24) is 4.98 Å². The van der Waals surface area contributed by atoms with Crippen LogP contribution in [0.5, 0.6) is 0 Å². The molecule has 0 saturated carbocycles. The lowest BCUT2D eigenvalue weighted by Gasteiger charge is -2.01. The van der Waals surface area contributed by atoms with Gasteiger partial charge in [-0.05, 0) is 25.3 Å². The number of carbonyl (C=O) groups is 1. The molecule has 0 bridgehead atoms. The summed E-state index contributed by atoms with van der Waals surface area (Å²) in [6, 6.07) is 7.49. The van der Waals surface area contributed by atoms with Crippen LogP contribution >= 0.6 is 23.1 Å². The van der Waals surface area contributed by atoms with E-state index in [4.69, 9.17) is 0 Å². The predicted molar refractivity (Wildman–Crippen MR) is 78.5 cm³/mol. The van der Waals surface area contributed by atoms with E-state index in [1.165, 1.54) is 11.3 Å². The third-order valence-corrected chi connectivity index (χ3v) is 3.77. The molecule has 0 fully saturated rings. The number of anilines is 1. The average molecular weight is 278 g/mol. The Morgan fingerprint density at radius 1 is 1.39 bits per heavy atom. The lowest BCUT2D eigenvalue weighted by atomic mass is 10.1. The van der Waals surface area contributed by atoms with Gasteiger partial charge in [-0.2, -0.15) is 11.8 Å². The number of nitrogens with one attached hydrogen (secondary N) is 1. The summed E-state index contributed by atoms with van der Waals surface area (Å²) in [4.78, 5) is 16.3. The number of thiazole rings is 1. The van der Waals surface area contributed by atoms with E-state index in [9.17, 15) is 4.79 Å². The molecule has 1 heterocycles. The van der Waals surface area contributed by atoms with Crippen LogP contribution in [0, 0.1) is 6.92 Å². The van der Waals surface area contributed by atoms with E-state index in [1.54, 1.807) is 11.8 Å². The normalized spacial score (nSPS) is 10.3.